The van der Waals surface area contributed by atoms with Crippen molar-refractivity contribution in [2.45, 2.75) is 71.1 Å². The summed E-state index contributed by atoms with van der Waals surface area (Å²) in [6, 6.07) is 0. The lowest BCUT2D eigenvalue weighted by atomic mass is 10.1. The number of unbranched alkanes of at least 4 members (excludes halogenated alkanes) is 9. The lowest BCUT2D eigenvalue weighted by molar-refractivity contribution is 0.470. The summed E-state index contributed by atoms with van der Waals surface area (Å²) in [5, 5.41) is 0. The molecule has 2 N–H and O–H groups in total. The van der Waals surface area contributed by atoms with E-state index in [0.717, 1.165) is 12.8 Å². The zero-order chi connectivity index (χ0) is 12.3. The Labute approximate surface area is 107 Å². The van der Waals surface area contributed by atoms with Gasteiger partial charge in [-0.3, -0.25) is 0 Å². The van der Waals surface area contributed by atoms with E-state index in [0.29, 0.717) is 6.16 Å². The van der Waals surface area contributed by atoms with Gasteiger partial charge in [0.2, 0.25) is 0 Å². The van der Waals surface area contributed by atoms with Crippen LogP contribution in [0.2, 0.25) is 0 Å². The second kappa shape index (κ2) is 10.8. The summed E-state index contributed by atoms with van der Waals surface area (Å²) < 4.78 is 0. The summed E-state index contributed by atoms with van der Waals surface area (Å²) in [5.41, 5.74) is 0. The second-order valence-electron chi connectivity index (χ2n) is 4.60. The molecule has 2 nitrogen and oxygen atoms in total. The molecule has 0 fully saturated rings. The van der Waals surface area contributed by atoms with Crippen LogP contribution in [0.4, 0.5) is 0 Å². The average Bonchev–Trinajstić information content (AvgIpc) is 2.19. The van der Waals surface area contributed by atoms with Crippen LogP contribution in [0.1, 0.15) is 71.1 Å². The van der Waals surface area contributed by atoms with E-state index in [9.17, 15) is 0 Å². The SMILES string of the molecule is CCCCCCCCCCCC[P+](O)(O)S. The molecular weight excluding hydrogens is 239 g/mol. The van der Waals surface area contributed by atoms with Crippen molar-refractivity contribution in [2.75, 3.05) is 6.16 Å². The van der Waals surface area contributed by atoms with Crippen LogP contribution in [-0.4, -0.2) is 15.9 Å². The largest absolute Gasteiger partial charge is 0.323 e. The van der Waals surface area contributed by atoms with E-state index < -0.39 is 6.92 Å². The summed E-state index contributed by atoms with van der Waals surface area (Å²) >= 11 is 3.77. The van der Waals surface area contributed by atoms with E-state index in [1.807, 2.05) is 0 Å². The first kappa shape index (κ1) is 16.7. The molecule has 0 aromatic carbocycles. The third-order valence-electron chi connectivity index (χ3n) is 2.81. The Morgan fingerprint density at radius 3 is 1.50 bits per heavy atom. The van der Waals surface area contributed by atoms with Crippen LogP contribution in [0.15, 0.2) is 0 Å². The van der Waals surface area contributed by atoms with Crippen LogP contribution in [-0.2, 0) is 0 Å². The Bertz CT molecular complexity index is 148. The van der Waals surface area contributed by atoms with Crippen molar-refractivity contribution in [3.63, 3.8) is 0 Å². The first-order chi connectivity index (χ1) is 7.56. The maximum absolute atomic E-state index is 9.07. The molecule has 0 aliphatic carbocycles. The molecule has 0 amide bonds. The summed E-state index contributed by atoms with van der Waals surface area (Å²) in [6.07, 6.45) is 13.2. The Balaban J connectivity index is 2.99. The van der Waals surface area contributed by atoms with Crippen LogP contribution in [0.3, 0.4) is 0 Å². The van der Waals surface area contributed by atoms with E-state index in [2.05, 4.69) is 19.2 Å². The molecule has 0 aromatic heterocycles. The minimum atomic E-state index is -2.80. The van der Waals surface area contributed by atoms with Crippen molar-refractivity contribution < 1.29 is 9.79 Å². The number of hydrogen-bond acceptors (Lipinski definition) is 3. The fourth-order valence-corrected chi connectivity index (χ4v) is 2.88. The third kappa shape index (κ3) is 14.7. The van der Waals surface area contributed by atoms with Gasteiger partial charge < -0.3 is 0 Å². The van der Waals surface area contributed by atoms with Crippen LogP contribution < -0.4 is 0 Å². The molecule has 4 heteroatoms. The quantitative estimate of drug-likeness (QED) is 0.291. The molecule has 98 valence electrons. The highest BCUT2D eigenvalue weighted by atomic mass is 32.7. The van der Waals surface area contributed by atoms with Gasteiger partial charge in [-0.25, -0.2) is 9.79 Å². The third-order valence-corrected chi connectivity index (χ3v) is 4.33. The van der Waals surface area contributed by atoms with E-state index in [4.69, 9.17) is 9.79 Å². The highest BCUT2D eigenvalue weighted by molar-refractivity contribution is 8.48. The predicted octanol–water partition coefficient (Wildman–Crippen LogP) is 4.58. The smallest absolute Gasteiger partial charge is 0.208 e. The van der Waals surface area contributed by atoms with Crippen LogP contribution in [0, 0.1) is 0 Å². The van der Waals surface area contributed by atoms with Gasteiger partial charge in [-0.05, 0) is 12.8 Å². The zero-order valence-corrected chi connectivity index (χ0v) is 12.4. The fourth-order valence-electron chi connectivity index (χ4n) is 1.81. The van der Waals surface area contributed by atoms with Gasteiger partial charge in [-0.2, -0.15) is 0 Å². The monoisotopic (exact) mass is 267 g/mol. The van der Waals surface area contributed by atoms with Gasteiger partial charge in [0.15, 0.2) is 0 Å². The Hall–Kier alpha value is 0.700. The molecule has 0 aromatic rings. The van der Waals surface area contributed by atoms with E-state index in [1.165, 1.54) is 51.4 Å². The molecule has 0 rings (SSSR count). The summed E-state index contributed by atoms with van der Waals surface area (Å²) in [4.78, 5) is 18.1. The number of rotatable bonds is 11. The second-order valence-corrected chi connectivity index (χ2v) is 8.35. The number of hydrogen-bond donors (Lipinski definition) is 3. The molecule has 0 spiro atoms. The summed E-state index contributed by atoms with van der Waals surface area (Å²) in [7, 11) is 0. The number of thiol groups is 1. The van der Waals surface area contributed by atoms with Gasteiger partial charge in [0.1, 0.15) is 6.16 Å². The van der Waals surface area contributed by atoms with Crippen LogP contribution >= 0.6 is 19.2 Å². The van der Waals surface area contributed by atoms with Gasteiger partial charge in [0, 0.05) is 0 Å². The van der Waals surface area contributed by atoms with Gasteiger partial charge >= 0.3 is 6.92 Å². The van der Waals surface area contributed by atoms with E-state index >= 15 is 0 Å². The van der Waals surface area contributed by atoms with Gasteiger partial charge in [0.25, 0.3) is 0 Å². The average molecular weight is 267 g/mol. The minimum Gasteiger partial charge on any atom is -0.208 e. The van der Waals surface area contributed by atoms with E-state index in [-0.39, 0.29) is 0 Å². The normalized spacial score (nSPS) is 12.0. The molecule has 0 aliphatic heterocycles. The molecule has 0 saturated carbocycles. The predicted molar refractivity (Wildman–Crippen MR) is 77.1 cm³/mol. The van der Waals surface area contributed by atoms with Crippen molar-refractivity contribution in [2.24, 2.45) is 0 Å². The minimum absolute atomic E-state index is 0.479. The van der Waals surface area contributed by atoms with Crippen molar-refractivity contribution in [3.05, 3.63) is 0 Å². The summed E-state index contributed by atoms with van der Waals surface area (Å²) in [5.74, 6) is 0. The van der Waals surface area contributed by atoms with Crippen LogP contribution in [0.5, 0.6) is 0 Å². The fraction of sp³-hybridized carbons (Fsp3) is 1.00. The van der Waals surface area contributed by atoms with Crippen molar-refractivity contribution in [1.82, 2.24) is 0 Å². The van der Waals surface area contributed by atoms with Crippen molar-refractivity contribution in [3.8, 4) is 0 Å². The molecule has 0 bridgehead atoms. The standard InChI is InChI=1S/C12H28O2PS/c1-2-3-4-5-6-7-8-9-10-11-12-15(13,14)16/h13-14,16H,2-12H2,1H3/q+1. The Morgan fingerprint density at radius 2 is 1.12 bits per heavy atom. The lowest BCUT2D eigenvalue weighted by Gasteiger charge is -2.04. The first-order valence-corrected chi connectivity index (χ1v) is 9.66. The Morgan fingerprint density at radius 1 is 0.750 bits per heavy atom. The molecule has 0 radical (unpaired) electrons. The van der Waals surface area contributed by atoms with Crippen molar-refractivity contribution >= 4 is 19.2 Å². The summed E-state index contributed by atoms with van der Waals surface area (Å²) in [6.45, 7) is -0.553. The molecule has 0 atom stereocenters. The molecular formula is C12H28O2PS+. The van der Waals surface area contributed by atoms with Crippen molar-refractivity contribution in [1.29, 1.82) is 0 Å². The first-order valence-electron chi connectivity index (χ1n) is 6.62. The molecule has 16 heavy (non-hydrogen) atoms. The molecule has 0 heterocycles. The Kier molecular flexibility index (Phi) is 11.3. The lowest BCUT2D eigenvalue weighted by Crippen LogP contribution is -1.90. The molecule has 0 aliphatic rings. The highest BCUT2D eigenvalue weighted by Crippen LogP contribution is 2.55. The maximum atomic E-state index is 9.07. The molecule has 0 saturated heterocycles. The van der Waals surface area contributed by atoms with Gasteiger partial charge in [-0.15, -0.1) is 0 Å². The highest BCUT2D eigenvalue weighted by Gasteiger charge is 2.25. The van der Waals surface area contributed by atoms with Crippen LogP contribution in [0.25, 0.3) is 0 Å². The zero-order valence-electron chi connectivity index (χ0n) is 10.6. The van der Waals surface area contributed by atoms with Gasteiger partial charge in [0.05, 0.1) is 12.2 Å². The van der Waals surface area contributed by atoms with E-state index in [1.54, 1.807) is 0 Å². The molecule has 0 unspecified atom stereocenters. The topological polar surface area (TPSA) is 40.5 Å². The van der Waals surface area contributed by atoms with Gasteiger partial charge in [-0.1, -0.05) is 58.3 Å². The maximum Gasteiger partial charge on any atom is 0.323 e.